The SMILES string of the molecule is Cc1ccc(-c2nn(C)cc2CCN)cc1C. The number of hydrogen-bond donors (Lipinski definition) is 1. The summed E-state index contributed by atoms with van der Waals surface area (Å²) < 4.78 is 1.86. The number of hydrogen-bond acceptors (Lipinski definition) is 2. The van der Waals surface area contributed by atoms with Gasteiger partial charge in [0.1, 0.15) is 0 Å². The Kier molecular flexibility index (Phi) is 3.29. The molecule has 0 fully saturated rings. The second-order valence-electron chi connectivity index (χ2n) is 4.51. The van der Waals surface area contributed by atoms with E-state index < -0.39 is 0 Å². The van der Waals surface area contributed by atoms with E-state index in [2.05, 4.69) is 43.3 Å². The first-order valence-electron chi connectivity index (χ1n) is 5.92. The topological polar surface area (TPSA) is 43.8 Å². The van der Waals surface area contributed by atoms with E-state index >= 15 is 0 Å². The summed E-state index contributed by atoms with van der Waals surface area (Å²) in [6.07, 6.45) is 2.92. The van der Waals surface area contributed by atoms with Gasteiger partial charge in [0.15, 0.2) is 0 Å². The Labute approximate surface area is 102 Å². The summed E-state index contributed by atoms with van der Waals surface area (Å²) in [5, 5.41) is 4.53. The Bertz CT molecular complexity index is 526. The third kappa shape index (κ3) is 2.39. The maximum absolute atomic E-state index is 5.63. The van der Waals surface area contributed by atoms with Crippen LogP contribution in [0.4, 0.5) is 0 Å². The molecule has 2 rings (SSSR count). The van der Waals surface area contributed by atoms with Gasteiger partial charge in [-0.25, -0.2) is 0 Å². The first-order valence-corrected chi connectivity index (χ1v) is 5.92. The molecule has 0 aliphatic heterocycles. The largest absolute Gasteiger partial charge is 0.330 e. The van der Waals surface area contributed by atoms with Gasteiger partial charge in [0, 0.05) is 18.8 Å². The van der Waals surface area contributed by atoms with E-state index in [1.165, 1.54) is 22.3 Å². The van der Waals surface area contributed by atoms with Crippen LogP contribution in [0.1, 0.15) is 16.7 Å². The average molecular weight is 229 g/mol. The van der Waals surface area contributed by atoms with Crippen molar-refractivity contribution in [2.24, 2.45) is 12.8 Å². The molecule has 0 unspecified atom stereocenters. The maximum atomic E-state index is 5.63. The lowest BCUT2D eigenvalue weighted by Gasteiger charge is -2.05. The Balaban J connectivity index is 2.47. The fourth-order valence-corrected chi connectivity index (χ4v) is 2.01. The van der Waals surface area contributed by atoms with Crippen molar-refractivity contribution in [3.8, 4) is 11.3 Å². The van der Waals surface area contributed by atoms with Crippen molar-refractivity contribution in [2.75, 3.05) is 6.54 Å². The van der Waals surface area contributed by atoms with Gasteiger partial charge in [-0.15, -0.1) is 0 Å². The Morgan fingerprint density at radius 2 is 2.00 bits per heavy atom. The molecule has 1 aromatic heterocycles. The van der Waals surface area contributed by atoms with Gasteiger partial charge >= 0.3 is 0 Å². The zero-order chi connectivity index (χ0) is 12.4. The highest BCUT2D eigenvalue weighted by molar-refractivity contribution is 5.64. The van der Waals surface area contributed by atoms with E-state index in [0.717, 1.165) is 12.1 Å². The number of nitrogens with zero attached hydrogens (tertiary/aromatic N) is 2. The zero-order valence-corrected chi connectivity index (χ0v) is 10.7. The Morgan fingerprint density at radius 1 is 1.24 bits per heavy atom. The number of nitrogens with two attached hydrogens (primary N) is 1. The number of aryl methyl sites for hydroxylation is 3. The fraction of sp³-hybridized carbons (Fsp3) is 0.357. The molecular weight excluding hydrogens is 210 g/mol. The van der Waals surface area contributed by atoms with Crippen molar-refractivity contribution in [3.05, 3.63) is 41.1 Å². The van der Waals surface area contributed by atoms with E-state index in [4.69, 9.17) is 5.73 Å². The second kappa shape index (κ2) is 4.72. The minimum absolute atomic E-state index is 0.656. The summed E-state index contributed by atoms with van der Waals surface area (Å²) in [5.74, 6) is 0. The quantitative estimate of drug-likeness (QED) is 0.877. The zero-order valence-electron chi connectivity index (χ0n) is 10.7. The van der Waals surface area contributed by atoms with Crippen molar-refractivity contribution in [1.82, 2.24) is 9.78 Å². The molecule has 3 nitrogen and oxygen atoms in total. The first kappa shape index (κ1) is 11.9. The highest BCUT2D eigenvalue weighted by atomic mass is 15.2. The third-order valence-electron chi connectivity index (χ3n) is 3.10. The van der Waals surface area contributed by atoms with Crippen molar-refractivity contribution >= 4 is 0 Å². The molecule has 0 saturated heterocycles. The van der Waals surface area contributed by atoms with E-state index in [0.29, 0.717) is 6.54 Å². The molecule has 1 aromatic carbocycles. The van der Waals surface area contributed by atoms with Gasteiger partial charge in [-0.1, -0.05) is 12.1 Å². The number of benzene rings is 1. The average Bonchev–Trinajstić information content (AvgIpc) is 2.64. The second-order valence-corrected chi connectivity index (χ2v) is 4.51. The monoisotopic (exact) mass is 229 g/mol. The Morgan fingerprint density at radius 3 is 2.65 bits per heavy atom. The van der Waals surface area contributed by atoms with Crippen LogP contribution < -0.4 is 5.73 Å². The molecular formula is C14H19N3. The molecule has 0 spiro atoms. The van der Waals surface area contributed by atoms with Gasteiger partial charge in [-0.05, 0) is 49.6 Å². The summed E-state index contributed by atoms with van der Waals surface area (Å²) >= 11 is 0. The molecule has 17 heavy (non-hydrogen) atoms. The molecule has 3 heteroatoms. The molecule has 2 N–H and O–H groups in total. The number of rotatable bonds is 3. The van der Waals surface area contributed by atoms with Gasteiger partial charge in [0.25, 0.3) is 0 Å². The van der Waals surface area contributed by atoms with Crippen molar-refractivity contribution in [1.29, 1.82) is 0 Å². The lowest BCUT2D eigenvalue weighted by molar-refractivity contribution is 0.769. The van der Waals surface area contributed by atoms with Crippen LogP contribution in [0.2, 0.25) is 0 Å². The third-order valence-corrected chi connectivity index (χ3v) is 3.10. The molecule has 0 aliphatic carbocycles. The lowest BCUT2D eigenvalue weighted by atomic mass is 10.0. The standard InChI is InChI=1S/C14H19N3/c1-10-4-5-12(8-11(10)2)14-13(6-7-15)9-17(3)16-14/h4-5,8-9H,6-7,15H2,1-3H3. The molecule has 0 radical (unpaired) electrons. The highest BCUT2D eigenvalue weighted by Crippen LogP contribution is 2.24. The van der Waals surface area contributed by atoms with Crippen LogP contribution in [0.15, 0.2) is 24.4 Å². The maximum Gasteiger partial charge on any atom is 0.0955 e. The van der Waals surface area contributed by atoms with Gasteiger partial charge in [0.2, 0.25) is 0 Å². The smallest absolute Gasteiger partial charge is 0.0955 e. The minimum Gasteiger partial charge on any atom is -0.330 e. The van der Waals surface area contributed by atoms with Crippen LogP contribution in [-0.2, 0) is 13.5 Å². The molecule has 1 heterocycles. The van der Waals surface area contributed by atoms with Crippen LogP contribution in [-0.4, -0.2) is 16.3 Å². The predicted octanol–water partition coefficient (Wildman–Crippen LogP) is 2.21. The van der Waals surface area contributed by atoms with Crippen molar-refractivity contribution in [2.45, 2.75) is 20.3 Å². The van der Waals surface area contributed by atoms with Gasteiger partial charge in [0.05, 0.1) is 5.69 Å². The highest BCUT2D eigenvalue weighted by Gasteiger charge is 2.09. The summed E-state index contributed by atoms with van der Waals surface area (Å²) in [6, 6.07) is 6.47. The predicted molar refractivity (Wildman–Crippen MR) is 70.9 cm³/mol. The van der Waals surface area contributed by atoms with Gasteiger partial charge in [-0.3, -0.25) is 4.68 Å². The molecule has 0 amide bonds. The van der Waals surface area contributed by atoms with Crippen LogP contribution in [0.25, 0.3) is 11.3 Å². The lowest BCUT2D eigenvalue weighted by Crippen LogP contribution is -2.02. The van der Waals surface area contributed by atoms with Gasteiger partial charge in [-0.2, -0.15) is 5.10 Å². The molecule has 90 valence electrons. The minimum atomic E-state index is 0.656. The van der Waals surface area contributed by atoms with Gasteiger partial charge < -0.3 is 5.73 Å². The molecule has 0 saturated carbocycles. The van der Waals surface area contributed by atoms with E-state index in [-0.39, 0.29) is 0 Å². The van der Waals surface area contributed by atoms with Crippen LogP contribution in [0.5, 0.6) is 0 Å². The summed E-state index contributed by atoms with van der Waals surface area (Å²) in [6.45, 7) is 4.91. The summed E-state index contributed by atoms with van der Waals surface area (Å²) in [4.78, 5) is 0. The number of aromatic nitrogens is 2. The fourth-order valence-electron chi connectivity index (χ4n) is 2.01. The van der Waals surface area contributed by atoms with Crippen LogP contribution in [0, 0.1) is 13.8 Å². The molecule has 0 atom stereocenters. The molecule has 2 aromatic rings. The van der Waals surface area contributed by atoms with E-state index in [9.17, 15) is 0 Å². The van der Waals surface area contributed by atoms with Crippen LogP contribution >= 0.6 is 0 Å². The normalized spacial score (nSPS) is 10.8. The van der Waals surface area contributed by atoms with Crippen molar-refractivity contribution in [3.63, 3.8) is 0 Å². The molecule has 0 bridgehead atoms. The Hall–Kier alpha value is -1.61. The molecule has 0 aliphatic rings. The summed E-state index contributed by atoms with van der Waals surface area (Å²) in [7, 11) is 1.95. The van der Waals surface area contributed by atoms with E-state index in [1.807, 2.05) is 11.7 Å². The van der Waals surface area contributed by atoms with E-state index in [1.54, 1.807) is 0 Å². The van der Waals surface area contributed by atoms with Crippen molar-refractivity contribution < 1.29 is 0 Å². The van der Waals surface area contributed by atoms with Crippen LogP contribution in [0.3, 0.4) is 0 Å². The first-order chi connectivity index (χ1) is 8.11. The summed E-state index contributed by atoms with van der Waals surface area (Å²) in [5.41, 5.74) is 11.7.